The van der Waals surface area contributed by atoms with Gasteiger partial charge in [0.15, 0.2) is 0 Å². The molecule has 0 aliphatic heterocycles. The highest BCUT2D eigenvalue weighted by atomic mass is 16.3. The largest absolute Gasteiger partial charge is 0.393 e. The maximum Gasteiger partial charge on any atom is 0.0583 e. The Labute approximate surface area is 103 Å². The lowest BCUT2D eigenvalue weighted by molar-refractivity contribution is 0.161. The van der Waals surface area contributed by atoms with Crippen LogP contribution in [0.3, 0.4) is 0 Å². The molecule has 1 N–H and O–H groups in total. The average Bonchev–Trinajstić information content (AvgIpc) is 2.38. The SMILES string of the molecule is C[C@H](O)[C@H](Cc1ccccc1)c1ccccc1. The van der Waals surface area contributed by atoms with E-state index in [-0.39, 0.29) is 12.0 Å². The van der Waals surface area contributed by atoms with Crippen molar-refractivity contribution in [2.24, 2.45) is 0 Å². The van der Waals surface area contributed by atoms with Gasteiger partial charge in [-0.1, -0.05) is 60.7 Å². The van der Waals surface area contributed by atoms with E-state index in [1.54, 1.807) is 0 Å². The molecule has 0 fully saturated rings. The molecule has 2 aromatic carbocycles. The van der Waals surface area contributed by atoms with Crippen molar-refractivity contribution in [2.45, 2.75) is 25.4 Å². The lowest BCUT2D eigenvalue weighted by atomic mass is 9.88. The van der Waals surface area contributed by atoms with E-state index in [0.717, 1.165) is 6.42 Å². The summed E-state index contributed by atoms with van der Waals surface area (Å²) in [7, 11) is 0. The van der Waals surface area contributed by atoms with Gasteiger partial charge in [0.2, 0.25) is 0 Å². The summed E-state index contributed by atoms with van der Waals surface area (Å²) in [6.07, 6.45) is 0.542. The van der Waals surface area contributed by atoms with Crippen LogP contribution in [0, 0.1) is 0 Å². The van der Waals surface area contributed by atoms with Crippen LogP contribution in [0.5, 0.6) is 0 Å². The van der Waals surface area contributed by atoms with Crippen LogP contribution in [0.2, 0.25) is 0 Å². The van der Waals surface area contributed by atoms with Crippen molar-refractivity contribution in [3.63, 3.8) is 0 Å². The first-order valence-electron chi connectivity index (χ1n) is 6.04. The van der Waals surface area contributed by atoms with E-state index < -0.39 is 0 Å². The monoisotopic (exact) mass is 226 g/mol. The molecule has 1 heteroatoms. The van der Waals surface area contributed by atoms with Gasteiger partial charge < -0.3 is 5.11 Å². The highest BCUT2D eigenvalue weighted by molar-refractivity contribution is 5.25. The lowest BCUT2D eigenvalue weighted by Crippen LogP contribution is -2.17. The third-order valence-corrected chi connectivity index (χ3v) is 3.11. The van der Waals surface area contributed by atoms with Crippen LogP contribution in [0.15, 0.2) is 60.7 Å². The minimum atomic E-state index is -0.336. The molecule has 2 aromatic rings. The van der Waals surface area contributed by atoms with Crippen molar-refractivity contribution in [3.05, 3.63) is 71.8 Å². The Morgan fingerprint density at radius 1 is 0.882 bits per heavy atom. The summed E-state index contributed by atoms with van der Waals surface area (Å²) in [6, 6.07) is 20.5. The molecule has 0 amide bonds. The van der Waals surface area contributed by atoms with Crippen molar-refractivity contribution in [1.29, 1.82) is 0 Å². The highest BCUT2D eigenvalue weighted by Crippen LogP contribution is 2.24. The fourth-order valence-corrected chi connectivity index (χ4v) is 2.14. The number of aliphatic hydroxyl groups excluding tert-OH is 1. The topological polar surface area (TPSA) is 20.2 Å². The van der Waals surface area contributed by atoms with Crippen molar-refractivity contribution >= 4 is 0 Å². The fourth-order valence-electron chi connectivity index (χ4n) is 2.14. The molecule has 0 saturated heterocycles. The minimum absolute atomic E-state index is 0.165. The predicted molar refractivity (Wildman–Crippen MR) is 71.0 cm³/mol. The number of rotatable bonds is 4. The smallest absolute Gasteiger partial charge is 0.0583 e. The fraction of sp³-hybridized carbons (Fsp3) is 0.250. The molecule has 17 heavy (non-hydrogen) atoms. The summed E-state index contributed by atoms with van der Waals surface area (Å²) < 4.78 is 0. The molecule has 0 aliphatic rings. The van der Waals surface area contributed by atoms with Crippen LogP contribution in [0.25, 0.3) is 0 Å². The second-order valence-electron chi connectivity index (χ2n) is 4.45. The highest BCUT2D eigenvalue weighted by Gasteiger charge is 2.17. The summed E-state index contributed by atoms with van der Waals surface area (Å²) >= 11 is 0. The van der Waals surface area contributed by atoms with Crippen LogP contribution in [0.4, 0.5) is 0 Å². The molecule has 0 aliphatic carbocycles. The van der Waals surface area contributed by atoms with Crippen LogP contribution in [-0.2, 0) is 6.42 Å². The summed E-state index contributed by atoms with van der Waals surface area (Å²) in [5, 5.41) is 9.93. The first-order valence-corrected chi connectivity index (χ1v) is 6.04. The Kier molecular flexibility index (Phi) is 3.94. The van der Waals surface area contributed by atoms with E-state index in [0.29, 0.717) is 0 Å². The maximum atomic E-state index is 9.93. The molecule has 2 atom stereocenters. The van der Waals surface area contributed by atoms with Gasteiger partial charge in [0, 0.05) is 5.92 Å². The van der Waals surface area contributed by atoms with E-state index in [9.17, 15) is 5.11 Å². The first kappa shape index (κ1) is 11.9. The van der Waals surface area contributed by atoms with Gasteiger partial charge in [-0.3, -0.25) is 0 Å². The number of hydrogen-bond donors (Lipinski definition) is 1. The summed E-state index contributed by atoms with van der Waals surface area (Å²) in [5.41, 5.74) is 2.47. The zero-order valence-electron chi connectivity index (χ0n) is 10.1. The molecule has 0 saturated carbocycles. The first-order chi connectivity index (χ1) is 8.27. The Bertz CT molecular complexity index is 434. The standard InChI is InChI=1S/C16H18O/c1-13(17)16(15-10-6-3-7-11-15)12-14-8-4-2-5-9-14/h2-11,13,16-17H,12H2,1H3/t13-,16-/m0/s1. The van der Waals surface area contributed by atoms with Crippen molar-refractivity contribution < 1.29 is 5.11 Å². The number of aliphatic hydroxyl groups is 1. The minimum Gasteiger partial charge on any atom is -0.393 e. The Morgan fingerprint density at radius 3 is 1.94 bits per heavy atom. The van der Waals surface area contributed by atoms with Crippen LogP contribution in [0.1, 0.15) is 24.0 Å². The molecular weight excluding hydrogens is 208 g/mol. The third kappa shape index (κ3) is 3.18. The van der Waals surface area contributed by atoms with Crippen molar-refractivity contribution in [3.8, 4) is 0 Å². The van der Waals surface area contributed by atoms with E-state index in [1.165, 1.54) is 11.1 Å². The molecular formula is C16H18O. The van der Waals surface area contributed by atoms with Crippen LogP contribution >= 0.6 is 0 Å². The van der Waals surface area contributed by atoms with E-state index in [4.69, 9.17) is 0 Å². The van der Waals surface area contributed by atoms with Gasteiger partial charge >= 0.3 is 0 Å². The number of benzene rings is 2. The lowest BCUT2D eigenvalue weighted by Gasteiger charge is -2.20. The van der Waals surface area contributed by atoms with Gasteiger partial charge in [-0.05, 0) is 24.5 Å². The molecule has 0 heterocycles. The van der Waals surface area contributed by atoms with E-state index in [2.05, 4.69) is 24.3 Å². The molecule has 0 unspecified atom stereocenters. The Hall–Kier alpha value is -1.60. The molecule has 2 rings (SSSR count). The normalized spacial score (nSPS) is 14.2. The van der Waals surface area contributed by atoms with Crippen molar-refractivity contribution in [2.75, 3.05) is 0 Å². The van der Waals surface area contributed by atoms with E-state index in [1.807, 2.05) is 43.3 Å². The molecule has 1 nitrogen and oxygen atoms in total. The summed E-state index contributed by atoms with van der Waals surface area (Å²) in [5.74, 6) is 0.165. The van der Waals surface area contributed by atoms with Gasteiger partial charge in [0.25, 0.3) is 0 Å². The van der Waals surface area contributed by atoms with Gasteiger partial charge in [-0.15, -0.1) is 0 Å². The third-order valence-electron chi connectivity index (χ3n) is 3.11. The molecule has 0 radical (unpaired) electrons. The van der Waals surface area contributed by atoms with Gasteiger partial charge in [0.1, 0.15) is 0 Å². The van der Waals surface area contributed by atoms with Crippen LogP contribution < -0.4 is 0 Å². The predicted octanol–water partition coefficient (Wildman–Crippen LogP) is 3.39. The second kappa shape index (κ2) is 5.65. The molecule has 0 aromatic heterocycles. The molecule has 88 valence electrons. The average molecular weight is 226 g/mol. The van der Waals surface area contributed by atoms with Crippen molar-refractivity contribution in [1.82, 2.24) is 0 Å². The zero-order valence-corrected chi connectivity index (χ0v) is 10.1. The molecule has 0 bridgehead atoms. The zero-order chi connectivity index (χ0) is 12.1. The van der Waals surface area contributed by atoms with E-state index >= 15 is 0 Å². The summed E-state index contributed by atoms with van der Waals surface area (Å²) in [4.78, 5) is 0. The summed E-state index contributed by atoms with van der Waals surface area (Å²) in [6.45, 7) is 1.86. The second-order valence-corrected chi connectivity index (χ2v) is 4.45. The Morgan fingerprint density at radius 2 is 1.41 bits per heavy atom. The van der Waals surface area contributed by atoms with Crippen LogP contribution in [-0.4, -0.2) is 11.2 Å². The molecule has 0 spiro atoms. The quantitative estimate of drug-likeness (QED) is 0.847. The number of hydrogen-bond acceptors (Lipinski definition) is 1. The van der Waals surface area contributed by atoms with Gasteiger partial charge in [-0.25, -0.2) is 0 Å². The van der Waals surface area contributed by atoms with Gasteiger partial charge in [-0.2, -0.15) is 0 Å². The Balaban J connectivity index is 2.20. The van der Waals surface area contributed by atoms with Gasteiger partial charge in [0.05, 0.1) is 6.10 Å². The maximum absolute atomic E-state index is 9.93.